The Balaban J connectivity index is 2.14. The molecule has 4 nitrogen and oxygen atoms in total. The van der Waals surface area contributed by atoms with Crippen LogP contribution in [0.25, 0.3) is 0 Å². The molecule has 0 spiro atoms. The monoisotopic (exact) mass is 310 g/mol. The zero-order valence-corrected chi connectivity index (χ0v) is 13.6. The minimum Gasteiger partial charge on any atom is -0.326 e. The van der Waals surface area contributed by atoms with Crippen LogP contribution in [0.4, 0.5) is 0 Å². The first-order valence-corrected chi connectivity index (χ1v) is 9.45. The van der Waals surface area contributed by atoms with Crippen LogP contribution in [-0.2, 0) is 22.3 Å². The summed E-state index contributed by atoms with van der Waals surface area (Å²) >= 11 is 0. The Morgan fingerprint density at radius 3 is 2.48 bits per heavy atom. The Morgan fingerprint density at radius 1 is 1.19 bits per heavy atom. The molecule has 0 atom stereocenters. The van der Waals surface area contributed by atoms with Gasteiger partial charge in [-0.15, -0.1) is 0 Å². The molecule has 0 radical (unpaired) electrons. The fraction of sp³-hybridized carbons (Fsp3) is 0.625. The number of hydrogen-bond donors (Lipinski definition) is 1. The predicted molar refractivity (Wildman–Crippen MR) is 86.2 cm³/mol. The van der Waals surface area contributed by atoms with Crippen molar-refractivity contribution in [2.45, 2.75) is 57.4 Å². The number of nitrogens with zero attached hydrogens (tertiary/aromatic N) is 1. The fourth-order valence-electron chi connectivity index (χ4n) is 3.19. The third kappa shape index (κ3) is 4.28. The van der Waals surface area contributed by atoms with Gasteiger partial charge in [0, 0.05) is 19.1 Å². The summed E-state index contributed by atoms with van der Waals surface area (Å²) < 4.78 is 27.2. The summed E-state index contributed by atoms with van der Waals surface area (Å²) in [7, 11) is -3.26. The van der Waals surface area contributed by atoms with Crippen LogP contribution in [0.5, 0.6) is 0 Å². The van der Waals surface area contributed by atoms with Gasteiger partial charge in [-0.25, -0.2) is 8.42 Å². The van der Waals surface area contributed by atoms with Crippen molar-refractivity contribution in [3.05, 3.63) is 35.4 Å². The number of hydrogen-bond acceptors (Lipinski definition) is 3. The Labute approximate surface area is 128 Å². The van der Waals surface area contributed by atoms with E-state index in [1.807, 2.05) is 31.2 Å². The Bertz CT molecular complexity index is 551. The van der Waals surface area contributed by atoms with Crippen molar-refractivity contribution in [3.8, 4) is 0 Å². The molecule has 2 rings (SSSR count). The Morgan fingerprint density at radius 2 is 1.86 bits per heavy atom. The van der Waals surface area contributed by atoms with Crippen molar-refractivity contribution in [1.29, 1.82) is 0 Å². The lowest BCUT2D eigenvalue weighted by molar-refractivity contribution is 0.261. The van der Waals surface area contributed by atoms with Crippen LogP contribution in [0.3, 0.4) is 0 Å². The van der Waals surface area contributed by atoms with Crippen LogP contribution in [0.2, 0.25) is 0 Å². The Hall–Kier alpha value is -0.910. The first-order valence-electron chi connectivity index (χ1n) is 7.84. The maximum absolute atomic E-state index is 12.7. The molecule has 0 aliphatic heterocycles. The van der Waals surface area contributed by atoms with E-state index in [0.29, 0.717) is 13.1 Å². The minimum atomic E-state index is -3.26. The first kappa shape index (κ1) is 16.5. The molecule has 1 aliphatic carbocycles. The molecule has 5 heteroatoms. The summed E-state index contributed by atoms with van der Waals surface area (Å²) in [6.45, 7) is 2.93. The van der Waals surface area contributed by atoms with Gasteiger partial charge in [0.25, 0.3) is 0 Å². The SMILES string of the molecule is CCN(C1CCCCC1)S(=O)(=O)Cc1cccc(CN)c1. The molecule has 0 bridgehead atoms. The molecule has 0 heterocycles. The molecule has 1 aromatic rings. The maximum atomic E-state index is 12.7. The van der Waals surface area contributed by atoms with Gasteiger partial charge >= 0.3 is 0 Å². The van der Waals surface area contributed by atoms with Gasteiger partial charge in [-0.2, -0.15) is 4.31 Å². The van der Waals surface area contributed by atoms with Gasteiger partial charge in [-0.1, -0.05) is 50.5 Å². The van der Waals surface area contributed by atoms with E-state index in [9.17, 15) is 8.42 Å². The minimum absolute atomic E-state index is 0.0746. The van der Waals surface area contributed by atoms with Crippen LogP contribution in [-0.4, -0.2) is 25.3 Å². The lowest BCUT2D eigenvalue weighted by atomic mass is 9.95. The molecule has 1 saturated carbocycles. The first-order chi connectivity index (χ1) is 10.1. The molecular weight excluding hydrogens is 284 g/mol. The van der Waals surface area contributed by atoms with E-state index < -0.39 is 10.0 Å². The van der Waals surface area contributed by atoms with E-state index in [-0.39, 0.29) is 11.8 Å². The molecule has 0 unspecified atom stereocenters. The van der Waals surface area contributed by atoms with E-state index in [4.69, 9.17) is 5.73 Å². The summed E-state index contributed by atoms with van der Waals surface area (Å²) in [6.07, 6.45) is 5.50. The van der Waals surface area contributed by atoms with Crippen molar-refractivity contribution in [2.24, 2.45) is 5.73 Å². The molecule has 118 valence electrons. The maximum Gasteiger partial charge on any atom is 0.218 e. The van der Waals surface area contributed by atoms with Crippen LogP contribution >= 0.6 is 0 Å². The van der Waals surface area contributed by atoms with Crippen molar-refractivity contribution < 1.29 is 8.42 Å². The summed E-state index contributed by atoms with van der Waals surface area (Å²) in [4.78, 5) is 0. The largest absolute Gasteiger partial charge is 0.326 e. The molecule has 0 saturated heterocycles. The van der Waals surface area contributed by atoms with Gasteiger partial charge in [-0.3, -0.25) is 0 Å². The molecule has 21 heavy (non-hydrogen) atoms. The zero-order valence-electron chi connectivity index (χ0n) is 12.8. The molecule has 0 amide bonds. The lowest BCUT2D eigenvalue weighted by Gasteiger charge is -2.32. The molecule has 1 aromatic carbocycles. The highest BCUT2D eigenvalue weighted by Crippen LogP contribution is 2.26. The third-order valence-electron chi connectivity index (χ3n) is 4.23. The van der Waals surface area contributed by atoms with Crippen molar-refractivity contribution >= 4 is 10.0 Å². The molecule has 1 aliphatic rings. The highest BCUT2D eigenvalue weighted by molar-refractivity contribution is 7.88. The quantitative estimate of drug-likeness (QED) is 0.878. The van der Waals surface area contributed by atoms with Crippen LogP contribution in [0, 0.1) is 0 Å². The van der Waals surface area contributed by atoms with Crippen LogP contribution < -0.4 is 5.73 Å². The predicted octanol–water partition coefficient (Wildman–Crippen LogP) is 2.63. The topological polar surface area (TPSA) is 63.4 Å². The number of rotatable bonds is 6. The zero-order chi connectivity index (χ0) is 15.3. The second-order valence-electron chi connectivity index (χ2n) is 5.78. The van der Waals surface area contributed by atoms with Crippen LogP contribution in [0.1, 0.15) is 50.2 Å². The van der Waals surface area contributed by atoms with E-state index in [2.05, 4.69) is 0 Å². The van der Waals surface area contributed by atoms with E-state index in [1.165, 1.54) is 6.42 Å². The van der Waals surface area contributed by atoms with Crippen molar-refractivity contribution in [1.82, 2.24) is 4.31 Å². The third-order valence-corrected chi connectivity index (χ3v) is 6.20. The van der Waals surface area contributed by atoms with Crippen LogP contribution in [0.15, 0.2) is 24.3 Å². The van der Waals surface area contributed by atoms with E-state index in [1.54, 1.807) is 4.31 Å². The van der Waals surface area contributed by atoms with Gasteiger partial charge in [-0.05, 0) is 24.0 Å². The second kappa shape index (κ2) is 7.38. The normalized spacial score (nSPS) is 17.3. The summed E-state index contributed by atoms with van der Waals surface area (Å²) in [6, 6.07) is 7.75. The van der Waals surface area contributed by atoms with E-state index in [0.717, 1.165) is 36.8 Å². The molecule has 2 N–H and O–H groups in total. The molecular formula is C16H26N2O2S. The van der Waals surface area contributed by atoms with Gasteiger partial charge in [0.15, 0.2) is 0 Å². The highest BCUT2D eigenvalue weighted by atomic mass is 32.2. The molecule has 1 fully saturated rings. The molecule has 0 aromatic heterocycles. The Kier molecular flexibility index (Phi) is 5.79. The van der Waals surface area contributed by atoms with Crippen molar-refractivity contribution in [2.75, 3.05) is 6.54 Å². The van der Waals surface area contributed by atoms with E-state index >= 15 is 0 Å². The van der Waals surface area contributed by atoms with Gasteiger partial charge in [0.05, 0.1) is 5.75 Å². The summed E-state index contributed by atoms with van der Waals surface area (Å²) in [5, 5.41) is 0. The second-order valence-corrected chi connectivity index (χ2v) is 7.70. The summed E-state index contributed by atoms with van der Waals surface area (Å²) in [5.74, 6) is 0.0746. The smallest absolute Gasteiger partial charge is 0.218 e. The average Bonchev–Trinajstić information content (AvgIpc) is 2.48. The number of nitrogens with two attached hydrogens (primary N) is 1. The van der Waals surface area contributed by atoms with Crippen molar-refractivity contribution in [3.63, 3.8) is 0 Å². The van der Waals surface area contributed by atoms with Gasteiger partial charge in [0.2, 0.25) is 10.0 Å². The number of sulfonamides is 1. The summed E-state index contributed by atoms with van der Waals surface area (Å²) in [5.41, 5.74) is 7.43. The lowest BCUT2D eigenvalue weighted by Crippen LogP contribution is -2.41. The van der Waals surface area contributed by atoms with Gasteiger partial charge in [0.1, 0.15) is 0 Å². The average molecular weight is 310 g/mol. The fourth-order valence-corrected chi connectivity index (χ4v) is 5.02. The standard InChI is InChI=1S/C16H26N2O2S/c1-2-18(16-9-4-3-5-10-16)21(19,20)13-15-8-6-7-14(11-15)12-17/h6-8,11,16H,2-5,9-10,12-13,17H2,1H3. The number of benzene rings is 1. The van der Waals surface area contributed by atoms with Gasteiger partial charge < -0.3 is 5.73 Å². The highest BCUT2D eigenvalue weighted by Gasteiger charge is 2.29.